The Hall–Kier alpha value is -1.80. The van der Waals surface area contributed by atoms with Crippen LogP contribution < -0.4 is 5.14 Å². The molecule has 8 heteroatoms. The van der Waals surface area contributed by atoms with Gasteiger partial charge in [0.2, 0.25) is 0 Å². The van der Waals surface area contributed by atoms with Gasteiger partial charge in [-0.15, -0.1) is 5.10 Å². The Balaban J connectivity index is 2.04. The van der Waals surface area contributed by atoms with Crippen LogP contribution in [0.25, 0.3) is 0 Å². The Morgan fingerprint density at radius 2 is 2.12 bits per heavy atom. The number of aromatic amines is 1. The van der Waals surface area contributed by atoms with Crippen molar-refractivity contribution in [3.05, 3.63) is 35.9 Å². The molecule has 0 aromatic carbocycles. The van der Waals surface area contributed by atoms with Gasteiger partial charge in [-0.1, -0.05) is 6.07 Å². The van der Waals surface area contributed by atoms with Crippen molar-refractivity contribution in [3.8, 4) is 0 Å². The molecule has 0 bridgehead atoms. The second-order valence-electron chi connectivity index (χ2n) is 3.43. The van der Waals surface area contributed by atoms with Crippen LogP contribution in [0.15, 0.2) is 29.6 Å². The molecule has 0 spiro atoms. The van der Waals surface area contributed by atoms with Crippen molar-refractivity contribution >= 4 is 10.0 Å². The lowest BCUT2D eigenvalue weighted by molar-refractivity contribution is 0.589. The van der Waals surface area contributed by atoms with E-state index in [0.717, 1.165) is 5.69 Å². The van der Waals surface area contributed by atoms with Crippen LogP contribution >= 0.6 is 0 Å². The Bertz CT molecular complexity index is 593. The van der Waals surface area contributed by atoms with Gasteiger partial charge in [-0.2, -0.15) is 0 Å². The maximum Gasteiger partial charge on any atom is 0.282 e. The van der Waals surface area contributed by atoms with Gasteiger partial charge in [-0.05, 0) is 18.6 Å². The monoisotopic (exact) mass is 253 g/mol. The molecule has 7 nitrogen and oxygen atoms in total. The summed E-state index contributed by atoms with van der Waals surface area (Å²) in [6.07, 6.45) is 2.88. The van der Waals surface area contributed by atoms with Gasteiger partial charge >= 0.3 is 0 Å². The number of H-pyrrole nitrogens is 1. The van der Waals surface area contributed by atoms with E-state index in [2.05, 4.69) is 20.2 Å². The summed E-state index contributed by atoms with van der Waals surface area (Å²) >= 11 is 0. The molecule has 0 aliphatic rings. The van der Waals surface area contributed by atoms with Crippen molar-refractivity contribution in [2.45, 2.75) is 18.0 Å². The maximum atomic E-state index is 10.9. The van der Waals surface area contributed by atoms with Gasteiger partial charge in [0, 0.05) is 18.3 Å². The number of nitrogens with two attached hydrogens (primary N) is 1. The van der Waals surface area contributed by atoms with Crippen molar-refractivity contribution in [1.82, 2.24) is 20.2 Å². The Morgan fingerprint density at radius 1 is 1.29 bits per heavy atom. The highest BCUT2D eigenvalue weighted by Gasteiger charge is 2.14. The topological polar surface area (TPSA) is 115 Å². The van der Waals surface area contributed by atoms with Crippen LogP contribution in [0.5, 0.6) is 0 Å². The van der Waals surface area contributed by atoms with E-state index in [4.69, 9.17) is 5.14 Å². The maximum absolute atomic E-state index is 10.9. The summed E-state index contributed by atoms with van der Waals surface area (Å²) in [5, 5.41) is 10.6. The number of aryl methyl sites for hydroxylation is 2. The van der Waals surface area contributed by atoms with Crippen LogP contribution in [0.1, 0.15) is 11.5 Å². The van der Waals surface area contributed by atoms with Crippen LogP contribution in [0.3, 0.4) is 0 Å². The lowest BCUT2D eigenvalue weighted by Gasteiger charge is -1.96. The quantitative estimate of drug-likeness (QED) is 0.771. The number of nitrogens with one attached hydrogen (secondary N) is 1. The molecule has 2 heterocycles. The second kappa shape index (κ2) is 4.60. The van der Waals surface area contributed by atoms with Gasteiger partial charge in [0.1, 0.15) is 5.82 Å². The van der Waals surface area contributed by atoms with Crippen LogP contribution in [-0.2, 0) is 22.9 Å². The summed E-state index contributed by atoms with van der Waals surface area (Å²) in [6.45, 7) is 0. The number of aromatic nitrogens is 4. The van der Waals surface area contributed by atoms with E-state index in [1.165, 1.54) is 0 Å². The Morgan fingerprint density at radius 3 is 2.71 bits per heavy atom. The molecule has 0 amide bonds. The van der Waals surface area contributed by atoms with E-state index in [-0.39, 0.29) is 5.16 Å². The smallest absolute Gasteiger partial charge is 0.262 e. The summed E-state index contributed by atoms with van der Waals surface area (Å²) in [5.74, 6) is 0.472. The van der Waals surface area contributed by atoms with Gasteiger partial charge in [-0.3, -0.25) is 10.1 Å². The highest BCUT2D eigenvalue weighted by atomic mass is 32.2. The van der Waals surface area contributed by atoms with E-state index in [1.807, 2.05) is 18.2 Å². The number of hydrogen-bond donors (Lipinski definition) is 2. The fourth-order valence-electron chi connectivity index (χ4n) is 1.31. The van der Waals surface area contributed by atoms with Crippen LogP contribution in [-0.4, -0.2) is 28.6 Å². The average Bonchev–Trinajstić information content (AvgIpc) is 2.76. The molecule has 0 radical (unpaired) electrons. The minimum atomic E-state index is -3.83. The van der Waals surface area contributed by atoms with E-state index < -0.39 is 10.0 Å². The normalized spacial score (nSPS) is 11.6. The zero-order chi connectivity index (χ0) is 12.3. The van der Waals surface area contributed by atoms with Crippen molar-refractivity contribution in [2.24, 2.45) is 5.14 Å². The molecule has 0 aliphatic carbocycles. The van der Waals surface area contributed by atoms with Gasteiger partial charge in [0.15, 0.2) is 0 Å². The van der Waals surface area contributed by atoms with Crippen LogP contribution in [0.2, 0.25) is 0 Å². The zero-order valence-corrected chi connectivity index (χ0v) is 9.68. The molecule has 0 unspecified atom stereocenters. The fraction of sp³-hybridized carbons (Fsp3) is 0.222. The standard InChI is InChI=1S/C9H11N5O2S/c10-17(15,16)9-12-8(13-14-9)5-4-7-3-1-2-6-11-7/h1-3,6H,4-5H2,(H2,10,15,16)(H,12,13,14). The highest BCUT2D eigenvalue weighted by Crippen LogP contribution is 2.03. The molecule has 0 aliphatic heterocycles. The van der Waals surface area contributed by atoms with Crippen LogP contribution in [0.4, 0.5) is 0 Å². The average molecular weight is 253 g/mol. The summed E-state index contributed by atoms with van der Waals surface area (Å²) in [7, 11) is -3.83. The van der Waals surface area contributed by atoms with Crippen molar-refractivity contribution in [1.29, 1.82) is 0 Å². The van der Waals surface area contributed by atoms with E-state index in [0.29, 0.717) is 18.7 Å². The lowest BCUT2D eigenvalue weighted by Crippen LogP contribution is -2.14. The number of pyridine rings is 1. The third kappa shape index (κ3) is 3.08. The SMILES string of the molecule is NS(=O)(=O)c1n[nH]c(CCc2ccccn2)n1. The van der Waals surface area contributed by atoms with Gasteiger partial charge in [-0.25, -0.2) is 18.5 Å². The second-order valence-corrected chi connectivity index (χ2v) is 4.89. The third-order valence-electron chi connectivity index (χ3n) is 2.11. The highest BCUT2D eigenvalue weighted by molar-refractivity contribution is 7.89. The Labute approximate surface area is 98.2 Å². The van der Waals surface area contributed by atoms with Crippen molar-refractivity contribution in [3.63, 3.8) is 0 Å². The van der Waals surface area contributed by atoms with Crippen molar-refractivity contribution < 1.29 is 8.42 Å². The molecule has 0 fully saturated rings. The molecule has 2 rings (SSSR count). The number of hydrogen-bond acceptors (Lipinski definition) is 5. The van der Waals surface area contributed by atoms with Gasteiger partial charge in [0.25, 0.3) is 15.2 Å². The predicted molar refractivity (Wildman–Crippen MR) is 59.4 cm³/mol. The minimum absolute atomic E-state index is 0.381. The minimum Gasteiger partial charge on any atom is -0.262 e. The first-order valence-electron chi connectivity index (χ1n) is 4.90. The predicted octanol–water partition coefficient (Wildman–Crippen LogP) is -0.368. The van der Waals surface area contributed by atoms with E-state index in [9.17, 15) is 8.42 Å². The first-order chi connectivity index (χ1) is 8.05. The summed E-state index contributed by atoms with van der Waals surface area (Å²) < 4.78 is 21.9. The molecule has 0 saturated heterocycles. The molecule has 3 N–H and O–H groups in total. The molecule has 17 heavy (non-hydrogen) atoms. The Kier molecular flexibility index (Phi) is 3.16. The molecular formula is C9H11N5O2S. The largest absolute Gasteiger partial charge is 0.282 e. The molecule has 2 aromatic heterocycles. The van der Waals surface area contributed by atoms with E-state index in [1.54, 1.807) is 6.20 Å². The van der Waals surface area contributed by atoms with Crippen molar-refractivity contribution in [2.75, 3.05) is 0 Å². The molecule has 2 aromatic rings. The molecule has 0 saturated carbocycles. The summed E-state index contributed by atoms with van der Waals surface area (Å²) in [4.78, 5) is 7.93. The first-order valence-corrected chi connectivity index (χ1v) is 6.44. The number of primary sulfonamides is 1. The molecule has 0 atom stereocenters. The van der Waals surface area contributed by atoms with Gasteiger partial charge in [0.05, 0.1) is 0 Å². The fourth-order valence-corrected chi connectivity index (χ4v) is 1.72. The first kappa shape index (κ1) is 11.7. The van der Waals surface area contributed by atoms with Crippen LogP contribution in [0, 0.1) is 0 Å². The lowest BCUT2D eigenvalue weighted by atomic mass is 10.2. The summed E-state index contributed by atoms with van der Waals surface area (Å²) in [6, 6.07) is 5.60. The van der Waals surface area contributed by atoms with Gasteiger partial charge < -0.3 is 0 Å². The van der Waals surface area contributed by atoms with E-state index >= 15 is 0 Å². The zero-order valence-electron chi connectivity index (χ0n) is 8.87. The number of nitrogens with zero attached hydrogens (tertiary/aromatic N) is 3. The molecule has 90 valence electrons. The molecular weight excluding hydrogens is 242 g/mol. The summed E-state index contributed by atoms with van der Waals surface area (Å²) in [5.41, 5.74) is 0.904. The number of sulfonamides is 1. The third-order valence-corrected chi connectivity index (χ3v) is 2.80. The number of rotatable bonds is 4.